The van der Waals surface area contributed by atoms with E-state index in [2.05, 4.69) is 9.72 Å². The third kappa shape index (κ3) is 3.32. The first-order valence-corrected chi connectivity index (χ1v) is 7.18. The molecule has 0 bridgehead atoms. The average molecular weight is 289 g/mol. The Morgan fingerprint density at radius 2 is 2.16 bits per heavy atom. The van der Waals surface area contributed by atoms with Crippen LogP contribution in [0.5, 0.6) is 0 Å². The fourth-order valence-electron chi connectivity index (χ4n) is 1.57. The molecule has 0 aliphatic rings. The molecule has 0 saturated heterocycles. The summed E-state index contributed by atoms with van der Waals surface area (Å²) in [6.07, 6.45) is 1.45. The molecule has 1 aromatic rings. The molecule has 1 atom stereocenters. The number of aryl methyl sites for hydroxylation is 2. The van der Waals surface area contributed by atoms with Gasteiger partial charge in [-0.15, -0.1) is 0 Å². The zero-order valence-corrected chi connectivity index (χ0v) is 12.6. The van der Waals surface area contributed by atoms with Gasteiger partial charge in [-0.05, 0) is 6.92 Å². The number of carbonyl (C=O) groups excluding carboxylic acids is 1. The maximum Gasteiger partial charge on any atom is 0.309 e. The van der Waals surface area contributed by atoms with Crippen molar-refractivity contribution in [1.82, 2.24) is 13.9 Å². The molecule has 1 heterocycles. The number of ether oxygens (including phenoxy) is 1. The van der Waals surface area contributed by atoms with E-state index in [0.717, 1.165) is 4.31 Å². The largest absolute Gasteiger partial charge is 0.469 e. The second-order valence-electron chi connectivity index (χ2n) is 4.45. The molecule has 1 aromatic heterocycles. The first kappa shape index (κ1) is 15.6. The van der Waals surface area contributed by atoms with E-state index in [-0.39, 0.29) is 11.6 Å². The summed E-state index contributed by atoms with van der Waals surface area (Å²) in [6.45, 7) is 3.38. The minimum atomic E-state index is -3.68. The Labute approximate surface area is 113 Å². The van der Waals surface area contributed by atoms with E-state index in [9.17, 15) is 13.2 Å². The average Bonchev–Trinajstić information content (AvgIpc) is 2.69. The van der Waals surface area contributed by atoms with Crippen molar-refractivity contribution in [3.8, 4) is 0 Å². The highest BCUT2D eigenvalue weighted by Gasteiger charge is 2.27. The topological polar surface area (TPSA) is 81.5 Å². The lowest BCUT2D eigenvalue weighted by atomic mass is 10.2. The Morgan fingerprint density at radius 3 is 2.58 bits per heavy atom. The molecule has 0 aliphatic carbocycles. The second kappa shape index (κ2) is 5.70. The first-order valence-electron chi connectivity index (χ1n) is 5.74. The molecule has 1 unspecified atom stereocenters. The Balaban J connectivity index is 2.91. The molecule has 19 heavy (non-hydrogen) atoms. The molecule has 1 rings (SSSR count). The van der Waals surface area contributed by atoms with E-state index in [4.69, 9.17) is 0 Å². The lowest BCUT2D eigenvalue weighted by Gasteiger charge is -2.18. The van der Waals surface area contributed by atoms with Gasteiger partial charge in [-0.1, -0.05) is 6.92 Å². The van der Waals surface area contributed by atoms with Crippen LogP contribution in [0.1, 0.15) is 12.7 Å². The fraction of sp³-hybridized carbons (Fsp3) is 0.636. The maximum absolute atomic E-state index is 12.2. The van der Waals surface area contributed by atoms with Crippen LogP contribution >= 0.6 is 0 Å². The number of aromatic nitrogens is 2. The predicted molar refractivity (Wildman–Crippen MR) is 68.9 cm³/mol. The van der Waals surface area contributed by atoms with Gasteiger partial charge in [0.2, 0.25) is 0 Å². The quantitative estimate of drug-likeness (QED) is 0.721. The van der Waals surface area contributed by atoms with Crippen molar-refractivity contribution in [2.24, 2.45) is 13.0 Å². The number of nitrogens with zero attached hydrogens (tertiary/aromatic N) is 3. The molecular formula is C11H19N3O4S. The van der Waals surface area contributed by atoms with E-state index >= 15 is 0 Å². The number of hydrogen-bond acceptors (Lipinski definition) is 5. The summed E-state index contributed by atoms with van der Waals surface area (Å²) >= 11 is 0. The molecule has 0 aromatic carbocycles. The standard InChI is InChI=1S/C11H19N3O4S/c1-8(11(15)18-5)6-14(4)19(16,17)10-7-13(3)9(2)12-10/h7-8H,6H2,1-5H3. The minimum Gasteiger partial charge on any atom is -0.469 e. The Kier molecular flexibility index (Phi) is 4.70. The van der Waals surface area contributed by atoms with Gasteiger partial charge in [-0.3, -0.25) is 4.79 Å². The van der Waals surface area contributed by atoms with Crippen molar-refractivity contribution >= 4 is 16.0 Å². The molecule has 108 valence electrons. The summed E-state index contributed by atoms with van der Waals surface area (Å²) < 4.78 is 31.8. The Morgan fingerprint density at radius 1 is 1.58 bits per heavy atom. The van der Waals surface area contributed by atoms with Gasteiger partial charge < -0.3 is 9.30 Å². The number of esters is 1. The molecular weight excluding hydrogens is 270 g/mol. The maximum atomic E-state index is 12.2. The van der Waals surface area contributed by atoms with Gasteiger partial charge in [0.25, 0.3) is 10.0 Å². The van der Waals surface area contributed by atoms with Crippen molar-refractivity contribution < 1.29 is 17.9 Å². The number of rotatable bonds is 5. The Hall–Kier alpha value is -1.41. The van der Waals surface area contributed by atoms with E-state index in [1.807, 2.05) is 0 Å². The van der Waals surface area contributed by atoms with E-state index < -0.39 is 21.9 Å². The molecule has 0 fully saturated rings. The number of sulfonamides is 1. The van der Waals surface area contributed by atoms with Gasteiger partial charge in [0.05, 0.1) is 13.0 Å². The predicted octanol–water partition coefficient (Wildman–Crippen LogP) is 0.158. The third-order valence-corrected chi connectivity index (χ3v) is 4.59. The summed E-state index contributed by atoms with van der Waals surface area (Å²) in [6, 6.07) is 0. The van der Waals surface area contributed by atoms with E-state index in [1.165, 1.54) is 20.4 Å². The molecule has 0 spiro atoms. The van der Waals surface area contributed by atoms with Crippen LogP contribution in [0.25, 0.3) is 0 Å². The highest BCUT2D eigenvalue weighted by molar-refractivity contribution is 7.89. The van der Waals surface area contributed by atoms with Gasteiger partial charge in [0.1, 0.15) is 5.82 Å². The summed E-state index contributed by atoms with van der Waals surface area (Å²) in [4.78, 5) is 15.3. The SMILES string of the molecule is COC(=O)C(C)CN(C)S(=O)(=O)c1cn(C)c(C)n1. The van der Waals surface area contributed by atoms with Crippen molar-refractivity contribution in [2.45, 2.75) is 18.9 Å². The minimum absolute atomic E-state index is 0.0212. The van der Waals surface area contributed by atoms with Crippen molar-refractivity contribution in [2.75, 3.05) is 20.7 Å². The molecule has 0 radical (unpaired) electrons. The smallest absolute Gasteiger partial charge is 0.309 e. The summed E-state index contributed by atoms with van der Waals surface area (Å²) in [7, 11) is 0.726. The van der Waals surface area contributed by atoms with Crippen LogP contribution in [0.15, 0.2) is 11.2 Å². The lowest BCUT2D eigenvalue weighted by molar-refractivity contribution is -0.144. The molecule has 0 aliphatic heterocycles. The number of hydrogen-bond donors (Lipinski definition) is 0. The van der Waals surface area contributed by atoms with Crippen LogP contribution in [0.3, 0.4) is 0 Å². The van der Waals surface area contributed by atoms with Crippen LogP contribution in [0.4, 0.5) is 0 Å². The molecule has 0 N–H and O–H groups in total. The monoisotopic (exact) mass is 289 g/mol. The van der Waals surface area contributed by atoms with Crippen LogP contribution in [0.2, 0.25) is 0 Å². The van der Waals surface area contributed by atoms with Crippen LogP contribution < -0.4 is 0 Å². The molecule has 0 saturated carbocycles. The fourth-order valence-corrected chi connectivity index (χ4v) is 2.85. The summed E-state index contributed by atoms with van der Waals surface area (Å²) in [5.41, 5.74) is 0. The number of imidazole rings is 1. The van der Waals surface area contributed by atoms with Gasteiger partial charge in [-0.2, -0.15) is 4.31 Å². The van der Waals surface area contributed by atoms with Crippen LogP contribution in [0, 0.1) is 12.8 Å². The normalized spacial score (nSPS) is 13.6. The zero-order valence-electron chi connectivity index (χ0n) is 11.7. The zero-order chi connectivity index (χ0) is 14.8. The summed E-state index contributed by atoms with van der Waals surface area (Å²) in [5, 5.41) is -0.0212. The lowest BCUT2D eigenvalue weighted by Crippen LogP contribution is -2.34. The van der Waals surface area contributed by atoms with Crippen molar-refractivity contribution in [3.05, 3.63) is 12.0 Å². The number of methoxy groups -OCH3 is 1. The van der Waals surface area contributed by atoms with Gasteiger partial charge in [0, 0.05) is 26.8 Å². The molecule has 7 nitrogen and oxygen atoms in total. The van der Waals surface area contributed by atoms with Gasteiger partial charge >= 0.3 is 5.97 Å². The Bertz CT molecular complexity index is 545. The number of carbonyl (C=O) groups is 1. The summed E-state index contributed by atoms with van der Waals surface area (Å²) in [5.74, 6) is -0.373. The van der Waals surface area contributed by atoms with Crippen molar-refractivity contribution in [1.29, 1.82) is 0 Å². The second-order valence-corrected chi connectivity index (χ2v) is 6.44. The van der Waals surface area contributed by atoms with Crippen molar-refractivity contribution in [3.63, 3.8) is 0 Å². The van der Waals surface area contributed by atoms with E-state index in [0.29, 0.717) is 5.82 Å². The van der Waals surface area contributed by atoms with Gasteiger partial charge in [0.15, 0.2) is 5.03 Å². The molecule has 0 amide bonds. The van der Waals surface area contributed by atoms with Gasteiger partial charge in [-0.25, -0.2) is 13.4 Å². The molecule has 8 heteroatoms. The van der Waals surface area contributed by atoms with Crippen LogP contribution in [-0.2, 0) is 26.6 Å². The first-order chi connectivity index (χ1) is 8.70. The third-order valence-electron chi connectivity index (χ3n) is 2.90. The van der Waals surface area contributed by atoms with E-state index in [1.54, 1.807) is 25.5 Å². The highest BCUT2D eigenvalue weighted by Crippen LogP contribution is 2.15. The highest BCUT2D eigenvalue weighted by atomic mass is 32.2. The van der Waals surface area contributed by atoms with Crippen LogP contribution in [-0.4, -0.2) is 48.9 Å².